The molecule has 3 aromatic carbocycles. The maximum Gasteiger partial charge on any atom is 0.471 e. The fourth-order valence-electron chi connectivity index (χ4n) is 7.90. The highest BCUT2D eigenvalue weighted by Gasteiger charge is 2.57. The highest BCUT2D eigenvalue weighted by Crippen LogP contribution is 2.52. The molecule has 6 atom stereocenters. The molecule has 0 spiro atoms. The Labute approximate surface area is 411 Å². The molecular formula is C50H65F3N5O10PSi. The number of nitrogens with one attached hydrogen (secondary N) is 2. The number of hydrogen-bond donors (Lipinski definition) is 2. The van der Waals surface area contributed by atoms with Gasteiger partial charge in [0.05, 0.1) is 46.5 Å². The van der Waals surface area contributed by atoms with E-state index in [0.717, 1.165) is 16.7 Å². The number of alkyl halides is 3. The van der Waals surface area contributed by atoms with E-state index in [1.165, 1.54) is 4.90 Å². The van der Waals surface area contributed by atoms with Gasteiger partial charge in [0.15, 0.2) is 14.5 Å². The number of carbonyl (C=O) groups excluding carboxylic acids is 3. The largest absolute Gasteiger partial charge is 0.497 e. The Morgan fingerprint density at radius 1 is 0.914 bits per heavy atom. The summed E-state index contributed by atoms with van der Waals surface area (Å²) in [6.07, 6.45) is -9.44. The van der Waals surface area contributed by atoms with Crippen molar-refractivity contribution in [2.24, 2.45) is 5.92 Å². The predicted octanol–water partition coefficient (Wildman–Crippen LogP) is 8.64. The van der Waals surface area contributed by atoms with E-state index in [1.54, 1.807) is 19.5 Å². The van der Waals surface area contributed by atoms with Gasteiger partial charge in [-0.05, 0) is 86.8 Å². The first-order chi connectivity index (χ1) is 33.0. The van der Waals surface area contributed by atoms with E-state index in [0.29, 0.717) is 11.5 Å². The molecule has 4 amide bonds. The zero-order chi connectivity index (χ0) is 51.6. The van der Waals surface area contributed by atoms with Crippen molar-refractivity contribution in [3.63, 3.8) is 0 Å². The quantitative estimate of drug-likeness (QED) is 0.0364. The molecule has 2 fully saturated rings. The third-order valence-electron chi connectivity index (χ3n) is 12.4. The van der Waals surface area contributed by atoms with E-state index in [2.05, 4.69) is 48.7 Å². The number of urea groups is 1. The zero-order valence-electron chi connectivity index (χ0n) is 41.6. The van der Waals surface area contributed by atoms with Crippen LogP contribution in [0.25, 0.3) is 0 Å². The van der Waals surface area contributed by atoms with Crippen LogP contribution >= 0.6 is 8.53 Å². The molecule has 15 nitrogen and oxygen atoms in total. The van der Waals surface area contributed by atoms with Crippen LogP contribution in [0, 0.1) is 29.1 Å². The molecule has 2 heterocycles. The number of halogens is 3. The smallest absolute Gasteiger partial charge is 0.471 e. The molecule has 2 unspecified atom stereocenters. The van der Waals surface area contributed by atoms with Crippen molar-refractivity contribution < 1.29 is 60.0 Å². The van der Waals surface area contributed by atoms with Gasteiger partial charge >= 0.3 is 18.1 Å². The number of nitriles is 1. The number of hydrogen-bond acceptors (Lipinski definition) is 12. The maximum absolute atomic E-state index is 14.1. The minimum Gasteiger partial charge on any atom is -0.497 e. The van der Waals surface area contributed by atoms with Crippen LogP contribution in [0.15, 0.2) is 78.9 Å². The molecule has 380 valence electrons. The van der Waals surface area contributed by atoms with Gasteiger partial charge in [0, 0.05) is 18.6 Å². The van der Waals surface area contributed by atoms with E-state index in [9.17, 15) is 32.8 Å². The van der Waals surface area contributed by atoms with E-state index < -0.39 is 83.5 Å². The van der Waals surface area contributed by atoms with Gasteiger partial charge < -0.3 is 37.7 Å². The molecule has 2 saturated heterocycles. The predicted molar refractivity (Wildman–Crippen MR) is 260 cm³/mol. The Morgan fingerprint density at radius 2 is 1.47 bits per heavy atom. The minimum atomic E-state index is -5.13. The second kappa shape index (κ2) is 23.9. The van der Waals surface area contributed by atoms with Crippen molar-refractivity contribution in [1.29, 1.82) is 5.26 Å². The number of ether oxygens (including phenoxy) is 4. The van der Waals surface area contributed by atoms with Gasteiger partial charge in [0.25, 0.3) is 8.53 Å². The molecule has 3 aromatic rings. The summed E-state index contributed by atoms with van der Waals surface area (Å²) in [6, 6.07) is 25.8. The van der Waals surface area contributed by atoms with Gasteiger partial charge in [0.2, 0.25) is 5.91 Å². The monoisotopic (exact) mass is 1010 g/mol. The topological polar surface area (TPSA) is 170 Å². The highest BCUT2D eigenvalue weighted by molar-refractivity contribution is 7.44. The van der Waals surface area contributed by atoms with Gasteiger partial charge in [0.1, 0.15) is 41.3 Å². The molecule has 0 bridgehead atoms. The third-order valence-corrected chi connectivity index (χ3v) is 19.0. The lowest BCUT2D eigenvalue weighted by atomic mass is 9.80. The molecule has 2 aliphatic heterocycles. The van der Waals surface area contributed by atoms with Crippen molar-refractivity contribution in [3.8, 4) is 29.4 Å². The van der Waals surface area contributed by atoms with Crippen LogP contribution in [-0.2, 0) is 38.1 Å². The van der Waals surface area contributed by atoms with Gasteiger partial charge in [-0.15, -0.1) is 0 Å². The molecule has 5 rings (SSSR count). The number of rotatable bonds is 20. The number of benzene rings is 3. The van der Waals surface area contributed by atoms with E-state index in [4.69, 9.17) is 32.4 Å². The summed E-state index contributed by atoms with van der Waals surface area (Å²) in [5.74, 6) is 2.10. The van der Waals surface area contributed by atoms with Crippen molar-refractivity contribution >= 4 is 34.7 Å². The Bertz CT molecular complexity index is 2280. The first-order valence-corrected chi connectivity index (χ1v) is 27.0. The van der Waals surface area contributed by atoms with E-state index in [-0.39, 0.29) is 43.3 Å². The Hall–Kier alpha value is -5.08. The van der Waals surface area contributed by atoms with Crippen LogP contribution in [0.1, 0.15) is 71.6 Å². The lowest BCUT2D eigenvalue weighted by Crippen LogP contribution is -2.61. The van der Waals surface area contributed by atoms with Crippen molar-refractivity contribution in [3.05, 3.63) is 95.6 Å². The lowest BCUT2D eigenvalue weighted by molar-refractivity contribution is -0.173. The Balaban J connectivity index is 1.70. The van der Waals surface area contributed by atoms with Crippen LogP contribution in [0.2, 0.25) is 18.1 Å². The van der Waals surface area contributed by atoms with Crippen LogP contribution in [0.3, 0.4) is 0 Å². The molecule has 2 aliphatic rings. The summed E-state index contributed by atoms with van der Waals surface area (Å²) in [7, 11) is -1.65. The van der Waals surface area contributed by atoms with Gasteiger partial charge in [-0.3, -0.25) is 19.8 Å². The van der Waals surface area contributed by atoms with E-state index >= 15 is 0 Å². The molecular weight excluding hydrogens is 947 g/mol. The number of methoxy groups -OCH3 is 2. The first-order valence-electron chi connectivity index (χ1n) is 23.0. The van der Waals surface area contributed by atoms with Crippen LogP contribution < -0.4 is 20.1 Å². The lowest BCUT2D eigenvalue weighted by Gasteiger charge is -2.44. The summed E-state index contributed by atoms with van der Waals surface area (Å²) in [5, 5.41) is 13.2. The van der Waals surface area contributed by atoms with Crippen LogP contribution in [0.5, 0.6) is 11.5 Å². The van der Waals surface area contributed by atoms with Crippen molar-refractivity contribution in [2.45, 2.75) is 121 Å². The summed E-state index contributed by atoms with van der Waals surface area (Å²) in [6.45, 7) is 17.1. The average molecular weight is 1010 g/mol. The van der Waals surface area contributed by atoms with Gasteiger partial charge in [-0.25, -0.2) is 9.46 Å². The van der Waals surface area contributed by atoms with Crippen molar-refractivity contribution in [2.75, 3.05) is 40.5 Å². The molecule has 70 heavy (non-hydrogen) atoms. The third kappa shape index (κ3) is 13.3. The summed E-state index contributed by atoms with van der Waals surface area (Å²) in [5.41, 5.74) is 0.913. The highest BCUT2D eigenvalue weighted by atomic mass is 31.2. The SMILES string of the molecule is COc1ccc(C(OC[C@H]2O[C@@H](N3CC(C#CCNC(=O)C(F)(F)F)C(=O)NC3=O)[C@H](O[Si](C)(C)C(C)(C)C)[C@@H]2OP(OCCC#N)N(C(C)C)C(C)C)(c2ccccc2)c2ccc(OC)cc2)cc1. The standard InChI is InChI=1S/C50H65F3N5O10PSi/c1-33(2)58(34(3)4)69(65-30-16-28-54)67-42-41(32-64-49(36-18-13-12-14-19-36,37-20-24-39(62-8)25-21-37)38-22-26-40(63-9)27-23-38)66-45(43(42)68-70(10,11)48(5,6)7)57-31-35(44(59)56-47(57)61)17-15-29-55-46(60)50(51,52)53/h12-14,18-27,33-35,41-43,45H,16,29-32H2,1-11H3,(H,55,60)(H,56,59,61)/t35?,41-,42-,43-,45-,69?/m1/s1. The minimum absolute atomic E-state index is 0.0521. The van der Waals surface area contributed by atoms with Crippen LogP contribution in [0.4, 0.5) is 18.0 Å². The van der Waals surface area contributed by atoms with Gasteiger partial charge in [-0.2, -0.15) is 18.4 Å². The second-order valence-electron chi connectivity index (χ2n) is 18.8. The molecule has 0 saturated carbocycles. The fraction of sp³-hybridized carbons (Fsp3) is 0.520. The van der Waals surface area contributed by atoms with Crippen LogP contribution in [-0.4, -0.2) is 119 Å². The van der Waals surface area contributed by atoms with E-state index in [1.807, 2.05) is 120 Å². The summed E-state index contributed by atoms with van der Waals surface area (Å²) >= 11 is 0. The number of nitrogens with zero attached hydrogens (tertiary/aromatic N) is 3. The fourth-order valence-corrected chi connectivity index (χ4v) is 11.0. The average Bonchev–Trinajstić information content (AvgIpc) is 3.62. The Kier molecular flexibility index (Phi) is 19.1. The van der Waals surface area contributed by atoms with Gasteiger partial charge in [-0.1, -0.05) is 87.2 Å². The molecule has 2 N–H and O–H groups in total. The number of carbonyl (C=O) groups is 3. The molecule has 0 radical (unpaired) electrons. The summed E-state index contributed by atoms with van der Waals surface area (Å²) in [4.78, 5) is 40.2. The normalized spacial score (nSPS) is 20.5. The zero-order valence-corrected chi connectivity index (χ0v) is 43.5. The second-order valence-corrected chi connectivity index (χ2v) is 25.0. The number of amides is 4. The maximum atomic E-state index is 14.1. The Morgan fingerprint density at radius 3 is 1.97 bits per heavy atom. The number of imide groups is 1. The first kappa shape index (κ1) is 55.8. The summed E-state index contributed by atoms with van der Waals surface area (Å²) < 4.78 is 87.4. The molecule has 0 aromatic heterocycles. The molecule has 20 heteroatoms. The molecule has 0 aliphatic carbocycles. The van der Waals surface area contributed by atoms with Crippen molar-refractivity contribution in [1.82, 2.24) is 20.2 Å².